The molecule has 0 nitrogen and oxygen atoms in total. The summed E-state index contributed by atoms with van der Waals surface area (Å²) in [7, 11) is 0. The average Bonchev–Trinajstić information content (AvgIpc) is 2.42. The second kappa shape index (κ2) is 9.61. The van der Waals surface area contributed by atoms with Crippen LogP contribution in [0.3, 0.4) is 0 Å². The lowest BCUT2D eigenvalue weighted by Crippen LogP contribution is -1.91. The van der Waals surface area contributed by atoms with Gasteiger partial charge in [0.2, 0.25) is 0 Å². The molecule has 102 valence electrons. The highest BCUT2D eigenvalue weighted by Crippen LogP contribution is 2.29. The predicted octanol–water partition coefficient (Wildman–Crippen LogP) is 6.44. The first kappa shape index (κ1) is 15.8. The molecule has 0 aliphatic carbocycles. The van der Waals surface area contributed by atoms with Crippen molar-refractivity contribution in [2.24, 2.45) is 0 Å². The molecule has 0 saturated heterocycles. The van der Waals surface area contributed by atoms with Crippen molar-refractivity contribution >= 4 is 15.9 Å². The van der Waals surface area contributed by atoms with Crippen molar-refractivity contribution in [1.29, 1.82) is 0 Å². The highest BCUT2D eigenvalue weighted by atomic mass is 79.9. The zero-order valence-corrected chi connectivity index (χ0v) is 13.5. The third-order valence-electron chi connectivity index (χ3n) is 3.56. The fourth-order valence-electron chi connectivity index (χ4n) is 2.23. The van der Waals surface area contributed by atoms with Crippen molar-refractivity contribution in [3.8, 4) is 0 Å². The second-order valence-electron chi connectivity index (χ2n) is 5.12. The average molecular weight is 311 g/mol. The Kier molecular flexibility index (Phi) is 8.41. The fourth-order valence-corrected chi connectivity index (χ4v) is 2.86. The maximum absolute atomic E-state index is 3.82. The zero-order valence-electron chi connectivity index (χ0n) is 11.9. The second-order valence-corrected chi connectivity index (χ2v) is 6.22. The molecule has 0 aromatic heterocycles. The highest BCUT2D eigenvalue weighted by Gasteiger charge is 2.06. The first-order valence-corrected chi connectivity index (χ1v) is 8.42. The molecule has 0 heterocycles. The number of alkyl halides is 1. The van der Waals surface area contributed by atoms with Gasteiger partial charge in [-0.15, -0.1) is 0 Å². The number of benzene rings is 1. The Balaban J connectivity index is 2.21. The molecule has 0 bridgehead atoms. The van der Waals surface area contributed by atoms with Gasteiger partial charge in [0.1, 0.15) is 0 Å². The van der Waals surface area contributed by atoms with Crippen LogP contribution in [0.15, 0.2) is 24.3 Å². The monoisotopic (exact) mass is 310 g/mol. The van der Waals surface area contributed by atoms with Crippen LogP contribution in [0.4, 0.5) is 0 Å². The van der Waals surface area contributed by atoms with Gasteiger partial charge < -0.3 is 0 Å². The molecule has 1 heteroatoms. The lowest BCUT2D eigenvalue weighted by atomic mass is 10.0. The van der Waals surface area contributed by atoms with Crippen molar-refractivity contribution in [3.63, 3.8) is 0 Å². The lowest BCUT2D eigenvalue weighted by molar-refractivity contribution is 0.588. The van der Waals surface area contributed by atoms with E-state index in [1.54, 1.807) is 0 Å². The highest BCUT2D eigenvalue weighted by molar-refractivity contribution is 9.09. The summed E-state index contributed by atoms with van der Waals surface area (Å²) >= 11 is 3.82. The molecule has 0 spiro atoms. The molecule has 1 atom stereocenters. The quantitative estimate of drug-likeness (QED) is 0.364. The summed E-state index contributed by atoms with van der Waals surface area (Å²) in [5.74, 6) is 0. The number of unbranched alkanes of at least 4 members (excludes halogenated alkanes) is 5. The van der Waals surface area contributed by atoms with Crippen LogP contribution in [-0.4, -0.2) is 0 Å². The fraction of sp³-hybridized carbons (Fsp3) is 0.647. The van der Waals surface area contributed by atoms with E-state index in [4.69, 9.17) is 0 Å². The summed E-state index contributed by atoms with van der Waals surface area (Å²) in [6.07, 6.45) is 10.7. The third-order valence-corrected chi connectivity index (χ3v) is 4.55. The van der Waals surface area contributed by atoms with Crippen molar-refractivity contribution in [2.75, 3.05) is 0 Å². The Bertz CT molecular complexity index is 302. The predicted molar refractivity (Wildman–Crippen MR) is 85.5 cm³/mol. The number of hydrogen-bond donors (Lipinski definition) is 0. The molecule has 18 heavy (non-hydrogen) atoms. The van der Waals surface area contributed by atoms with Crippen LogP contribution in [0.2, 0.25) is 0 Å². The summed E-state index contributed by atoms with van der Waals surface area (Å²) in [5.41, 5.74) is 2.86. The maximum atomic E-state index is 3.82. The van der Waals surface area contributed by atoms with Gasteiger partial charge in [-0.25, -0.2) is 0 Å². The number of halogens is 1. The van der Waals surface area contributed by atoms with E-state index < -0.39 is 0 Å². The Morgan fingerprint density at radius 3 is 2.11 bits per heavy atom. The molecular weight excluding hydrogens is 284 g/mol. The van der Waals surface area contributed by atoms with E-state index in [0.717, 1.165) is 6.42 Å². The lowest BCUT2D eigenvalue weighted by Gasteiger charge is -2.10. The van der Waals surface area contributed by atoms with Gasteiger partial charge in [0.05, 0.1) is 0 Å². The molecule has 0 amide bonds. The molecule has 0 N–H and O–H groups in total. The molecule has 1 aromatic carbocycles. The van der Waals surface area contributed by atoms with Crippen molar-refractivity contribution in [3.05, 3.63) is 35.4 Å². The molecule has 0 aliphatic rings. The number of aryl methyl sites for hydroxylation is 1. The number of hydrogen-bond acceptors (Lipinski definition) is 0. The van der Waals surface area contributed by atoms with Crippen molar-refractivity contribution in [1.82, 2.24) is 0 Å². The molecule has 1 aromatic rings. The molecule has 0 saturated carbocycles. The van der Waals surface area contributed by atoms with Gasteiger partial charge in [0.15, 0.2) is 0 Å². The topological polar surface area (TPSA) is 0 Å². The van der Waals surface area contributed by atoms with Crippen LogP contribution >= 0.6 is 15.9 Å². The summed E-state index contributed by atoms with van der Waals surface area (Å²) in [5, 5.41) is 0. The third kappa shape index (κ3) is 6.04. The van der Waals surface area contributed by atoms with E-state index in [2.05, 4.69) is 54.0 Å². The molecule has 1 unspecified atom stereocenters. The van der Waals surface area contributed by atoms with Crippen molar-refractivity contribution in [2.45, 2.75) is 70.0 Å². The van der Waals surface area contributed by atoms with E-state index in [9.17, 15) is 0 Å². The molecule has 1 rings (SSSR count). The van der Waals surface area contributed by atoms with Crippen LogP contribution in [0.1, 0.15) is 74.7 Å². The minimum Gasteiger partial charge on any atom is -0.0839 e. The van der Waals surface area contributed by atoms with Crippen molar-refractivity contribution < 1.29 is 0 Å². The van der Waals surface area contributed by atoms with Gasteiger partial charge in [-0.1, -0.05) is 92.6 Å². The molecule has 0 fully saturated rings. The normalized spacial score (nSPS) is 12.6. The molecule has 0 aliphatic heterocycles. The van der Waals surface area contributed by atoms with Crippen LogP contribution in [0.25, 0.3) is 0 Å². The van der Waals surface area contributed by atoms with E-state index in [0.29, 0.717) is 4.83 Å². The SMILES string of the molecule is CCCCCCCCC(Br)c1ccc(CC)cc1. The summed E-state index contributed by atoms with van der Waals surface area (Å²) in [4.78, 5) is 0.537. The molecular formula is C17H27Br. The Morgan fingerprint density at radius 1 is 0.889 bits per heavy atom. The van der Waals surface area contributed by atoms with Crippen LogP contribution < -0.4 is 0 Å². The van der Waals surface area contributed by atoms with Crippen LogP contribution in [-0.2, 0) is 6.42 Å². The van der Waals surface area contributed by atoms with Crippen LogP contribution in [0.5, 0.6) is 0 Å². The Labute approximate surface area is 121 Å². The van der Waals surface area contributed by atoms with Crippen LogP contribution in [0, 0.1) is 0 Å². The Morgan fingerprint density at radius 2 is 1.50 bits per heavy atom. The minimum atomic E-state index is 0.537. The van der Waals surface area contributed by atoms with Gasteiger partial charge in [0.25, 0.3) is 0 Å². The first-order valence-electron chi connectivity index (χ1n) is 7.50. The largest absolute Gasteiger partial charge is 0.0839 e. The van der Waals surface area contributed by atoms with Gasteiger partial charge in [0, 0.05) is 4.83 Å². The summed E-state index contributed by atoms with van der Waals surface area (Å²) in [6.45, 7) is 4.48. The van der Waals surface area contributed by atoms with E-state index in [1.807, 2.05) is 0 Å². The van der Waals surface area contributed by atoms with E-state index in [-0.39, 0.29) is 0 Å². The van der Waals surface area contributed by atoms with Gasteiger partial charge >= 0.3 is 0 Å². The van der Waals surface area contributed by atoms with Gasteiger partial charge in [-0.3, -0.25) is 0 Å². The summed E-state index contributed by atoms with van der Waals surface area (Å²) < 4.78 is 0. The Hall–Kier alpha value is -0.300. The maximum Gasteiger partial charge on any atom is 0.0395 e. The first-order chi connectivity index (χ1) is 8.77. The molecule has 0 radical (unpaired) electrons. The summed E-state index contributed by atoms with van der Waals surface area (Å²) in [6, 6.07) is 9.06. The standard InChI is InChI=1S/C17H27Br/c1-3-5-6-7-8-9-10-17(18)16-13-11-15(4-2)12-14-16/h11-14,17H,3-10H2,1-2H3. The van der Waals surface area contributed by atoms with Gasteiger partial charge in [-0.2, -0.15) is 0 Å². The zero-order chi connectivity index (χ0) is 13.2. The smallest absolute Gasteiger partial charge is 0.0395 e. The van der Waals surface area contributed by atoms with E-state index in [1.165, 1.54) is 56.1 Å². The van der Waals surface area contributed by atoms with Gasteiger partial charge in [-0.05, 0) is 24.0 Å². The number of rotatable bonds is 9. The van der Waals surface area contributed by atoms with E-state index >= 15 is 0 Å². The minimum absolute atomic E-state index is 0.537.